The lowest BCUT2D eigenvalue weighted by atomic mass is 9.92. The molecule has 20 heavy (non-hydrogen) atoms. The molecule has 2 atom stereocenters. The molecule has 5 heteroatoms. The van der Waals surface area contributed by atoms with Gasteiger partial charge in [0.2, 0.25) is 5.88 Å². The monoisotopic (exact) mass is 270 g/mol. The molecule has 0 spiro atoms. The molecule has 2 unspecified atom stereocenters. The fourth-order valence-corrected chi connectivity index (χ4v) is 3.00. The fraction of sp³-hybridized carbons (Fsp3) is 0.333. The minimum absolute atomic E-state index is 0.0465. The van der Waals surface area contributed by atoms with Crippen LogP contribution in [0.2, 0.25) is 0 Å². The third-order valence-electron chi connectivity index (χ3n) is 3.91. The number of pyridine rings is 2. The van der Waals surface area contributed by atoms with Crippen molar-refractivity contribution < 1.29 is 4.74 Å². The average Bonchev–Trinajstić information content (AvgIpc) is 2.93. The highest BCUT2D eigenvalue weighted by atomic mass is 16.5. The smallest absolute Gasteiger partial charge is 0.217 e. The number of rotatable bonds is 4. The number of hydrogen-bond donors (Lipinski definition) is 2. The van der Waals surface area contributed by atoms with E-state index < -0.39 is 0 Å². The zero-order chi connectivity index (χ0) is 13.9. The molecule has 1 aliphatic carbocycles. The second-order valence-corrected chi connectivity index (χ2v) is 4.94. The van der Waals surface area contributed by atoms with Crippen LogP contribution in [0.4, 0.5) is 0 Å². The van der Waals surface area contributed by atoms with Crippen LogP contribution >= 0.6 is 0 Å². The minimum Gasteiger partial charge on any atom is -0.481 e. The van der Waals surface area contributed by atoms with E-state index in [1.807, 2.05) is 24.4 Å². The largest absolute Gasteiger partial charge is 0.481 e. The molecule has 0 aromatic carbocycles. The highest BCUT2D eigenvalue weighted by Gasteiger charge is 2.33. The van der Waals surface area contributed by atoms with Crippen LogP contribution in [0.1, 0.15) is 35.2 Å². The summed E-state index contributed by atoms with van der Waals surface area (Å²) >= 11 is 0. The van der Waals surface area contributed by atoms with Gasteiger partial charge in [0.15, 0.2) is 0 Å². The van der Waals surface area contributed by atoms with Crippen LogP contribution < -0.4 is 16.0 Å². The summed E-state index contributed by atoms with van der Waals surface area (Å²) in [5, 5.41) is 0. The van der Waals surface area contributed by atoms with Crippen LogP contribution in [0.3, 0.4) is 0 Å². The molecule has 2 aromatic rings. The van der Waals surface area contributed by atoms with E-state index in [-0.39, 0.29) is 12.0 Å². The molecule has 104 valence electrons. The Morgan fingerprint density at radius 2 is 2.10 bits per heavy atom. The second kappa shape index (κ2) is 5.56. The summed E-state index contributed by atoms with van der Waals surface area (Å²) in [4.78, 5) is 8.79. The Kier molecular flexibility index (Phi) is 3.62. The number of fused-ring (bicyclic) bond motifs is 1. The molecule has 3 rings (SSSR count). The molecule has 0 radical (unpaired) electrons. The lowest BCUT2D eigenvalue weighted by Crippen LogP contribution is -2.32. The standard InChI is InChI=1S/C15H18N4O/c1-20-15-12(5-3-9-18-15)14(19-16)11-7-6-10-4-2-8-17-13(10)11/h2-5,8-9,11,14,19H,6-7,16H2,1H3. The van der Waals surface area contributed by atoms with E-state index in [9.17, 15) is 0 Å². The maximum Gasteiger partial charge on any atom is 0.217 e. The molecule has 0 saturated heterocycles. The molecule has 2 heterocycles. The van der Waals surface area contributed by atoms with Gasteiger partial charge >= 0.3 is 0 Å². The van der Waals surface area contributed by atoms with E-state index >= 15 is 0 Å². The molecule has 0 amide bonds. The Balaban J connectivity index is 1.99. The quantitative estimate of drug-likeness (QED) is 0.653. The van der Waals surface area contributed by atoms with Crippen molar-refractivity contribution in [3.63, 3.8) is 0 Å². The van der Waals surface area contributed by atoms with Gasteiger partial charge in [-0.15, -0.1) is 0 Å². The van der Waals surface area contributed by atoms with Gasteiger partial charge in [0.25, 0.3) is 0 Å². The highest BCUT2D eigenvalue weighted by Crippen LogP contribution is 2.41. The Morgan fingerprint density at radius 1 is 1.30 bits per heavy atom. The molecule has 2 aromatic heterocycles. The molecular formula is C15H18N4O. The molecule has 3 N–H and O–H groups in total. The van der Waals surface area contributed by atoms with Crippen molar-refractivity contribution in [2.75, 3.05) is 7.11 Å². The van der Waals surface area contributed by atoms with Crippen molar-refractivity contribution in [1.82, 2.24) is 15.4 Å². The van der Waals surface area contributed by atoms with Gasteiger partial charge in [-0.1, -0.05) is 12.1 Å². The van der Waals surface area contributed by atoms with Crippen LogP contribution in [0.5, 0.6) is 5.88 Å². The summed E-state index contributed by atoms with van der Waals surface area (Å²) in [5.41, 5.74) is 6.32. The van der Waals surface area contributed by atoms with Crippen LogP contribution in [-0.4, -0.2) is 17.1 Å². The van der Waals surface area contributed by atoms with Gasteiger partial charge in [0, 0.05) is 29.6 Å². The number of hydrazine groups is 1. The van der Waals surface area contributed by atoms with Crippen LogP contribution in [0.25, 0.3) is 0 Å². The van der Waals surface area contributed by atoms with Gasteiger partial charge in [-0.25, -0.2) is 4.98 Å². The normalized spacial score (nSPS) is 18.6. The van der Waals surface area contributed by atoms with Crippen molar-refractivity contribution in [2.24, 2.45) is 5.84 Å². The Labute approximate surface area is 118 Å². The van der Waals surface area contributed by atoms with Crippen LogP contribution in [0.15, 0.2) is 36.7 Å². The predicted octanol–water partition coefficient (Wildman–Crippen LogP) is 1.72. The van der Waals surface area contributed by atoms with Crippen molar-refractivity contribution in [3.05, 3.63) is 53.5 Å². The van der Waals surface area contributed by atoms with Crippen molar-refractivity contribution in [3.8, 4) is 5.88 Å². The summed E-state index contributed by atoms with van der Waals surface area (Å²) in [6, 6.07) is 7.97. The summed E-state index contributed by atoms with van der Waals surface area (Å²) in [6.07, 6.45) is 5.62. The molecule has 5 nitrogen and oxygen atoms in total. The molecule has 1 aliphatic rings. The van der Waals surface area contributed by atoms with E-state index in [0.717, 1.165) is 24.1 Å². The first-order chi connectivity index (χ1) is 9.85. The van der Waals surface area contributed by atoms with Crippen molar-refractivity contribution in [2.45, 2.75) is 24.8 Å². The summed E-state index contributed by atoms with van der Waals surface area (Å²) in [5.74, 6) is 6.66. The van der Waals surface area contributed by atoms with Gasteiger partial charge in [-0.3, -0.25) is 16.3 Å². The van der Waals surface area contributed by atoms with Gasteiger partial charge in [-0.05, 0) is 30.5 Å². The first-order valence-electron chi connectivity index (χ1n) is 6.74. The predicted molar refractivity (Wildman–Crippen MR) is 76.2 cm³/mol. The molecular weight excluding hydrogens is 252 g/mol. The Bertz CT molecular complexity index is 602. The number of ether oxygens (including phenoxy) is 1. The molecule has 0 saturated carbocycles. The maximum absolute atomic E-state index is 5.80. The maximum atomic E-state index is 5.80. The van der Waals surface area contributed by atoms with E-state index in [2.05, 4.69) is 21.5 Å². The zero-order valence-electron chi connectivity index (χ0n) is 11.4. The third-order valence-corrected chi connectivity index (χ3v) is 3.91. The Hall–Kier alpha value is -1.98. The summed E-state index contributed by atoms with van der Waals surface area (Å²) < 4.78 is 5.35. The third kappa shape index (κ3) is 2.15. The van der Waals surface area contributed by atoms with Crippen LogP contribution in [0, 0.1) is 0 Å². The van der Waals surface area contributed by atoms with Gasteiger partial charge in [-0.2, -0.15) is 0 Å². The number of nitrogens with one attached hydrogen (secondary N) is 1. The zero-order valence-corrected chi connectivity index (χ0v) is 11.4. The van der Waals surface area contributed by atoms with Gasteiger partial charge < -0.3 is 4.74 Å². The number of hydrogen-bond acceptors (Lipinski definition) is 5. The van der Waals surface area contributed by atoms with E-state index in [4.69, 9.17) is 10.6 Å². The molecule has 0 aliphatic heterocycles. The summed E-state index contributed by atoms with van der Waals surface area (Å²) in [7, 11) is 1.63. The second-order valence-electron chi connectivity index (χ2n) is 4.94. The van der Waals surface area contributed by atoms with Gasteiger partial charge in [0.1, 0.15) is 0 Å². The van der Waals surface area contributed by atoms with Crippen LogP contribution in [-0.2, 0) is 6.42 Å². The lowest BCUT2D eigenvalue weighted by Gasteiger charge is -2.24. The first kappa shape index (κ1) is 13.0. The Morgan fingerprint density at radius 3 is 2.90 bits per heavy atom. The van der Waals surface area contributed by atoms with E-state index in [1.165, 1.54) is 5.56 Å². The topological polar surface area (TPSA) is 73.1 Å². The summed E-state index contributed by atoms with van der Waals surface area (Å²) in [6.45, 7) is 0. The minimum atomic E-state index is -0.0465. The average molecular weight is 270 g/mol. The van der Waals surface area contributed by atoms with Gasteiger partial charge in [0.05, 0.1) is 13.2 Å². The molecule has 0 fully saturated rings. The first-order valence-corrected chi connectivity index (χ1v) is 6.74. The highest BCUT2D eigenvalue weighted by molar-refractivity contribution is 5.36. The number of nitrogens with two attached hydrogens (primary N) is 1. The fourth-order valence-electron chi connectivity index (χ4n) is 3.00. The lowest BCUT2D eigenvalue weighted by molar-refractivity contribution is 0.369. The van der Waals surface area contributed by atoms with Crippen molar-refractivity contribution >= 4 is 0 Å². The number of nitrogens with zero attached hydrogens (tertiary/aromatic N) is 2. The van der Waals surface area contributed by atoms with E-state index in [0.29, 0.717) is 5.88 Å². The van der Waals surface area contributed by atoms with Crippen molar-refractivity contribution in [1.29, 1.82) is 0 Å². The SMILES string of the molecule is COc1ncccc1C(NN)C1CCc2cccnc21. The number of aromatic nitrogens is 2. The number of methoxy groups -OCH3 is 1. The molecule has 0 bridgehead atoms. The number of aryl methyl sites for hydroxylation is 1. The van der Waals surface area contributed by atoms with E-state index in [1.54, 1.807) is 13.3 Å².